The second kappa shape index (κ2) is 3.05. The summed E-state index contributed by atoms with van der Waals surface area (Å²) in [6, 6.07) is 0. The Morgan fingerprint density at radius 2 is 1.31 bits per heavy atom. The largest absolute Gasteiger partial charge is 0.460 e. The van der Waals surface area contributed by atoms with E-state index in [0.29, 0.717) is 0 Å². The maximum Gasteiger partial charge on any atom is 0.460 e. The summed E-state index contributed by atoms with van der Waals surface area (Å²) in [7, 11) is 0. The van der Waals surface area contributed by atoms with Gasteiger partial charge in [-0.25, -0.2) is 6.57 Å². The van der Waals surface area contributed by atoms with Crippen LogP contribution in [0.2, 0.25) is 0 Å². The summed E-state index contributed by atoms with van der Waals surface area (Å²) < 4.78 is 81.7. The number of halogens is 7. The fourth-order valence-corrected chi connectivity index (χ4v) is 0.406. The van der Waals surface area contributed by atoms with E-state index >= 15 is 0 Å². The second-order valence-corrected chi connectivity index (χ2v) is 2.09. The van der Waals surface area contributed by atoms with Crippen LogP contribution in [0, 0.1) is 6.57 Å². The van der Waals surface area contributed by atoms with Gasteiger partial charge in [0.25, 0.3) is 6.54 Å². The maximum atomic E-state index is 12.0. The SMILES string of the molecule is [C-]#[N+]CC(F)(F)C(F)(F)C(F)(F)F. The first-order valence-electron chi connectivity index (χ1n) is 2.72. The Bertz CT molecular complexity index is 222. The van der Waals surface area contributed by atoms with Crippen molar-refractivity contribution in [1.82, 2.24) is 0 Å². The van der Waals surface area contributed by atoms with Gasteiger partial charge >= 0.3 is 18.0 Å². The Morgan fingerprint density at radius 1 is 0.923 bits per heavy atom. The molecule has 13 heavy (non-hydrogen) atoms. The van der Waals surface area contributed by atoms with Gasteiger partial charge in [-0.2, -0.15) is 30.7 Å². The van der Waals surface area contributed by atoms with Crippen LogP contribution >= 0.6 is 0 Å². The second-order valence-electron chi connectivity index (χ2n) is 2.09. The molecule has 76 valence electrons. The highest BCUT2D eigenvalue weighted by Crippen LogP contribution is 2.46. The van der Waals surface area contributed by atoms with Crippen molar-refractivity contribution >= 4 is 0 Å². The van der Waals surface area contributed by atoms with Gasteiger partial charge in [0, 0.05) is 0 Å². The molecule has 0 rings (SSSR count). The lowest BCUT2D eigenvalue weighted by Crippen LogP contribution is -2.53. The molecule has 1 nitrogen and oxygen atoms in total. The highest BCUT2D eigenvalue weighted by molar-refractivity contribution is 4.95. The lowest BCUT2D eigenvalue weighted by molar-refractivity contribution is -0.350. The van der Waals surface area contributed by atoms with E-state index in [4.69, 9.17) is 6.57 Å². The molecule has 0 saturated carbocycles. The molecule has 0 aromatic rings. The minimum absolute atomic E-state index is 1.81. The molecule has 0 aliphatic rings. The van der Waals surface area contributed by atoms with E-state index in [1.165, 1.54) is 0 Å². The lowest BCUT2D eigenvalue weighted by atomic mass is 10.1. The van der Waals surface area contributed by atoms with Gasteiger partial charge in [0.15, 0.2) is 0 Å². The zero-order valence-corrected chi connectivity index (χ0v) is 5.80. The molecule has 0 atom stereocenters. The lowest BCUT2D eigenvalue weighted by Gasteiger charge is -2.24. The van der Waals surface area contributed by atoms with E-state index in [1.54, 1.807) is 0 Å². The summed E-state index contributed by atoms with van der Waals surface area (Å²) in [4.78, 5) is 1.81. The molecule has 0 aliphatic heterocycles. The standard InChI is InChI=1S/C5H2F7N/c1-13-2-3(6,7)4(8,9)5(10,11)12/h2H2. The summed E-state index contributed by atoms with van der Waals surface area (Å²) in [5.74, 6) is -11.5. The van der Waals surface area contributed by atoms with Crippen molar-refractivity contribution in [3.8, 4) is 0 Å². The smallest absolute Gasteiger partial charge is 0.310 e. The molecule has 0 spiro atoms. The van der Waals surface area contributed by atoms with Crippen molar-refractivity contribution < 1.29 is 30.7 Å². The quantitative estimate of drug-likeness (QED) is 0.486. The van der Waals surface area contributed by atoms with Crippen molar-refractivity contribution in [3.63, 3.8) is 0 Å². The molecule has 0 bridgehead atoms. The van der Waals surface area contributed by atoms with Crippen LogP contribution in [0.3, 0.4) is 0 Å². The molecule has 0 unspecified atom stereocenters. The zero-order valence-electron chi connectivity index (χ0n) is 5.80. The van der Waals surface area contributed by atoms with Crippen molar-refractivity contribution in [2.24, 2.45) is 0 Å². The molecular formula is C5H2F7N. The van der Waals surface area contributed by atoms with Crippen LogP contribution in [0.5, 0.6) is 0 Å². The maximum absolute atomic E-state index is 12.0. The van der Waals surface area contributed by atoms with Crippen LogP contribution in [0.15, 0.2) is 0 Å². The van der Waals surface area contributed by atoms with Crippen molar-refractivity contribution in [1.29, 1.82) is 0 Å². The Kier molecular flexibility index (Phi) is 2.81. The third-order valence-corrected chi connectivity index (χ3v) is 1.09. The topological polar surface area (TPSA) is 4.36 Å². The third kappa shape index (κ3) is 2.02. The molecule has 0 radical (unpaired) electrons. The highest BCUT2D eigenvalue weighted by Gasteiger charge is 2.74. The normalized spacial score (nSPS) is 14.0. The van der Waals surface area contributed by atoms with Gasteiger partial charge < -0.3 is 4.85 Å². The Morgan fingerprint density at radius 3 is 1.54 bits per heavy atom. The van der Waals surface area contributed by atoms with Crippen LogP contribution in [0.25, 0.3) is 4.85 Å². The van der Waals surface area contributed by atoms with E-state index in [1.807, 2.05) is 4.85 Å². The van der Waals surface area contributed by atoms with Crippen LogP contribution in [0.4, 0.5) is 30.7 Å². The van der Waals surface area contributed by atoms with E-state index in [9.17, 15) is 30.7 Å². The van der Waals surface area contributed by atoms with Gasteiger partial charge in [-0.05, 0) is 0 Å². The first-order chi connectivity index (χ1) is 5.56. The number of rotatable bonds is 2. The molecule has 0 N–H and O–H groups in total. The fraction of sp³-hybridized carbons (Fsp3) is 0.800. The number of hydrogen-bond donors (Lipinski definition) is 0. The number of nitrogens with zero attached hydrogens (tertiary/aromatic N) is 1. The van der Waals surface area contributed by atoms with Gasteiger partial charge in [-0.1, -0.05) is 0 Å². The molecule has 0 amide bonds. The molecule has 0 aromatic carbocycles. The number of hydrogen-bond acceptors (Lipinski definition) is 0. The third-order valence-electron chi connectivity index (χ3n) is 1.09. The fourth-order valence-electron chi connectivity index (χ4n) is 0.406. The van der Waals surface area contributed by atoms with E-state index in [2.05, 4.69) is 0 Å². The van der Waals surface area contributed by atoms with Crippen molar-refractivity contribution in [3.05, 3.63) is 11.4 Å². The minimum Gasteiger partial charge on any atom is -0.310 e. The van der Waals surface area contributed by atoms with E-state index in [-0.39, 0.29) is 0 Å². The van der Waals surface area contributed by atoms with Gasteiger partial charge in [0.2, 0.25) is 0 Å². The van der Waals surface area contributed by atoms with Crippen LogP contribution in [-0.4, -0.2) is 24.6 Å². The van der Waals surface area contributed by atoms with Gasteiger partial charge in [-0.15, -0.1) is 0 Å². The first kappa shape index (κ1) is 12.0. The summed E-state index contributed by atoms with van der Waals surface area (Å²) in [5, 5.41) is 0. The van der Waals surface area contributed by atoms with Gasteiger partial charge in [-0.3, -0.25) is 0 Å². The molecular weight excluding hydrogens is 207 g/mol. The monoisotopic (exact) mass is 209 g/mol. The minimum atomic E-state index is -6.35. The van der Waals surface area contributed by atoms with Crippen molar-refractivity contribution in [2.45, 2.75) is 18.0 Å². The summed E-state index contributed by atoms with van der Waals surface area (Å²) in [6.07, 6.45) is -6.35. The zero-order chi connectivity index (χ0) is 10.9. The molecule has 0 aromatic heterocycles. The van der Waals surface area contributed by atoms with Crippen molar-refractivity contribution in [2.75, 3.05) is 6.54 Å². The van der Waals surface area contributed by atoms with Gasteiger partial charge in [0.05, 0.1) is 0 Å². The predicted octanol–water partition coefficient (Wildman–Crippen LogP) is 2.74. The first-order valence-corrected chi connectivity index (χ1v) is 2.72. The molecule has 8 heteroatoms. The van der Waals surface area contributed by atoms with Crippen LogP contribution < -0.4 is 0 Å². The van der Waals surface area contributed by atoms with Crippen LogP contribution in [-0.2, 0) is 0 Å². The average Bonchev–Trinajstić information content (AvgIpc) is 1.84. The Balaban J connectivity index is 4.94. The summed E-state index contributed by atoms with van der Waals surface area (Å²) in [6.45, 7) is 3.59. The summed E-state index contributed by atoms with van der Waals surface area (Å²) >= 11 is 0. The predicted molar refractivity (Wildman–Crippen MR) is 27.4 cm³/mol. The van der Waals surface area contributed by atoms with E-state index in [0.717, 1.165) is 0 Å². The molecule has 0 aliphatic carbocycles. The molecule has 0 heterocycles. The Hall–Kier alpha value is -1.00. The average molecular weight is 209 g/mol. The highest BCUT2D eigenvalue weighted by atomic mass is 19.4. The molecule has 0 fully saturated rings. The van der Waals surface area contributed by atoms with Crippen LogP contribution in [0.1, 0.15) is 0 Å². The van der Waals surface area contributed by atoms with E-state index < -0.39 is 24.6 Å². The number of alkyl halides is 7. The Labute approximate surface area is 68.0 Å². The van der Waals surface area contributed by atoms with Gasteiger partial charge in [0.1, 0.15) is 0 Å². The molecule has 0 saturated heterocycles. The summed E-state index contributed by atoms with van der Waals surface area (Å²) in [5.41, 5.74) is 0.